The van der Waals surface area contributed by atoms with Crippen molar-refractivity contribution < 1.29 is 13.2 Å². The van der Waals surface area contributed by atoms with Crippen LogP contribution in [0.3, 0.4) is 0 Å². The molecule has 0 bridgehead atoms. The minimum atomic E-state index is -4.36. The number of benzene rings is 1. The topological polar surface area (TPSA) is 29.3 Å². The van der Waals surface area contributed by atoms with Crippen LogP contribution in [0.4, 0.5) is 18.9 Å². The first kappa shape index (κ1) is 16.6. The highest BCUT2D eigenvalue weighted by Crippen LogP contribution is 2.41. The minimum absolute atomic E-state index is 0.0993. The van der Waals surface area contributed by atoms with Gasteiger partial charge in [-0.25, -0.2) is 0 Å². The van der Waals surface area contributed by atoms with Crippen molar-refractivity contribution in [3.8, 4) is 0 Å². The Labute approximate surface area is 131 Å². The van der Waals surface area contributed by atoms with Gasteiger partial charge >= 0.3 is 6.18 Å². The van der Waals surface area contributed by atoms with Gasteiger partial charge in [0.25, 0.3) is 0 Å². The molecule has 2 N–H and O–H groups in total. The molecule has 118 valence electrons. The molecule has 21 heavy (non-hydrogen) atoms. The molecule has 0 spiro atoms. The molecule has 2 unspecified atom stereocenters. The lowest BCUT2D eigenvalue weighted by molar-refractivity contribution is -0.137. The highest BCUT2D eigenvalue weighted by atomic mass is 79.9. The summed E-state index contributed by atoms with van der Waals surface area (Å²) in [5.41, 5.74) is 5.47. The number of rotatable bonds is 4. The normalized spacial score (nSPS) is 22.6. The Hall–Kier alpha value is -0.750. The standard InChI is InChI=1S/C15H20BrF3N2/c1-2-21(13-5-3-4-10(13)9-20)14-7-6-11(16)8-12(14)15(17,18)19/h6-8,10,13H,2-5,9,20H2,1H3. The van der Waals surface area contributed by atoms with Crippen molar-refractivity contribution in [3.63, 3.8) is 0 Å². The predicted octanol–water partition coefficient (Wildman–Crippen LogP) is 4.42. The maximum atomic E-state index is 13.3. The predicted molar refractivity (Wildman–Crippen MR) is 82.3 cm³/mol. The molecule has 2 nitrogen and oxygen atoms in total. The van der Waals surface area contributed by atoms with E-state index in [-0.39, 0.29) is 17.6 Å². The van der Waals surface area contributed by atoms with E-state index in [1.807, 2.05) is 11.8 Å². The van der Waals surface area contributed by atoms with Gasteiger partial charge in [-0.15, -0.1) is 0 Å². The lowest BCUT2D eigenvalue weighted by Crippen LogP contribution is -2.41. The highest BCUT2D eigenvalue weighted by Gasteiger charge is 2.38. The second-order valence-corrected chi connectivity index (χ2v) is 6.35. The van der Waals surface area contributed by atoms with Gasteiger partial charge in [0.2, 0.25) is 0 Å². The summed E-state index contributed by atoms with van der Waals surface area (Å²) < 4.78 is 40.4. The zero-order chi connectivity index (χ0) is 15.6. The molecule has 0 amide bonds. The second-order valence-electron chi connectivity index (χ2n) is 5.44. The van der Waals surface area contributed by atoms with Crippen LogP contribution in [0.15, 0.2) is 22.7 Å². The first-order chi connectivity index (χ1) is 9.88. The van der Waals surface area contributed by atoms with Crippen LogP contribution in [0.2, 0.25) is 0 Å². The van der Waals surface area contributed by atoms with Crippen LogP contribution in [0.5, 0.6) is 0 Å². The molecule has 1 aromatic carbocycles. The Bertz CT molecular complexity index is 490. The number of nitrogens with two attached hydrogens (primary N) is 1. The number of halogens is 4. The number of nitrogens with zero attached hydrogens (tertiary/aromatic N) is 1. The quantitative estimate of drug-likeness (QED) is 0.856. The Morgan fingerprint density at radius 1 is 1.33 bits per heavy atom. The summed E-state index contributed by atoms with van der Waals surface area (Å²) in [4.78, 5) is 1.87. The summed E-state index contributed by atoms with van der Waals surface area (Å²) >= 11 is 3.13. The van der Waals surface area contributed by atoms with Crippen LogP contribution < -0.4 is 10.6 Å². The number of hydrogen-bond donors (Lipinski definition) is 1. The Kier molecular flexibility index (Phi) is 5.20. The molecule has 1 aliphatic rings. The van der Waals surface area contributed by atoms with Crippen molar-refractivity contribution in [2.75, 3.05) is 18.0 Å². The molecule has 1 aromatic rings. The summed E-state index contributed by atoms with van der Waals surface area (Å²) in [5, 5.41) is 0. The molecule has 1 fully saturated rings. The molecule has 0 aromatic heterocycles. The molecule has 0 aliphatic heterocycles. The maximum absolute atomic E-state index is 13.3. The van der Waals surface area contributed by atoms with Crippen molar-refractivity contribution in [1.29, 1.82) is 0 Å². The highest BCUT2D eigenvalue weighted by molar-refractivity contribution is 9.10. The van der Waals surface area contributed by atoms with Crippen LogP contribution in [-0.4, -0.2) is 19.1 Å². The summed E-state index contributed by atoms with van der Waals surface area (Å²) in [6.07, 6.45) is -1.43. The van der Waals surface area contributed by atoms with Crippen molar-refractivity contribution in [2.45, 2.75) is 38.4 Å². The molecule has 1 saturated carbocycles. The van der Waals surface area contributed by atoms with E-state index in [1.54, 1.807) is 12.1 Å². The van der Waals surface area contributed by atoms with Crippen LogP contribution in [0, 0.1) is 5.92 Å². The number of anilines is 1. The smallest absolute Gasteiger partial charge is 0.368 e. The van der Waals surface area contributed by atoms with Crippen LogP contribution in [0.1, 0.15) is 31.7 Å². The summed E-state index contributed by atoms with van der Waals surface area (Å²) in [7, 11) is 0. The summed E-state index contributed by atoms with van der Waals surface area (Å²) in [5.74, 6) is 0.273. The Morgan fingerprint density at radius 3 is 2.62 bits per heavy atom. The van der Waals surface area contributed by atoms with E-state index in [0.29, 0.717) is 17.6 Å². The van der Waals surface area contributed by atoms with E-state index in [4.69, 9.17) is 5.73 Å². The van der Waals surface area contributed by atoms with Gasteiger partial charge in [-0.3, -0.25) is 0 Å². The van der Waals surface area contributed by atoms with Crippen molar-refractivity contribution >= 4 is 21.6 Å². The molecule has 0 heterocycles. The van der Waals surface area contributed by atoms with E-state index in [1.165, 1.54) is 0 Å². The van der Waals surface area contributed by atoms with Gasteiger partial charge < -0.3 is 10.6 Å². The lowest BCUT2D eigenvalue weighted by Gasteiger charge is -2.35. The second kappa shape index (κ2) is 6.57. The SMILES string of the molecule is CCN(c1ccc(Br)cc1C(F)(F)F)C1CCCC1CN. The third kappa shape index (κ3) is 3.54. The van der Waals surface area contributed by atoms with Crippen LogP contribution in [0.25, 0.3) is 0 Å². The van der Waals surface area contributed by atoms with Gasteiger partial charge in [0.05, 0.1) is 5.56 Å². The lowest BCUT2D eigenvalue weighted by atomic mass is 10.0. The van der Waals surface area contributed by atoms with E-state index in [9.17, 15) is 13.2 Å². The first-order valence-corrected chi connectivity index (χ1v) is 8.01. The Morgan fingerprint density at radius 2 is 2.05 bits per heavy atom. The van der Waals surface area contributed by atoms with Gasteiger partial charge in [0, 0.05) is 22.7 Å². The monoisotopic (exact) mass is 364 g/mol. The van der Waals surface area contributed by atoms with Gasteiger partial charge in [-0.2, -0.15) is 13.2 Å². The Balaban J connectivity index is 2.43. The van der Waals surface area contributed by atoms with E-state index in [0.717, 1.165) is 25.3 Å². The first-order valence-electron chi connectivity index (χ1n) is 7.22. The molecule has 0 radical (unpaired) electrons. The van der Waals surface area contributed by atoms with Gasteiger partial charge in [0.15, 0.2) is 0 Å². The average Bonchev–Trinajstić information content (AvgIpc) is 2.88. The molecule has 2 rings (SSSR count). The van der Waals surface area contributed by atoms with E-state index < -0.39 is 11.7 Å². The van der Waals surface area contributed by atoms with E-state index >= 15 is 0 Å². The van der Waals surface area contributed by atoms with Crippen molar-refractivity contribution in [2.24, 2.45) is 11.7 Å². The molecule has 0 saturated heterocycles. The zero-order valence-corrected chi connectivity index (χ0v) is 13.5. The number of alkyl halides is 3. The molecule has 1 aliphatic carbocycles. The fourth-order valence-corrected chi connectivity index (χ4v) is 3.63. The zero-order valence-electron chi connectivity index (χ0n) is 12.0. The largest absolute Gasteiger partial charge is 0.418 e. The summed E-state index contributed by atoms with van der Waals surface area (Å²) in [6.45, 7) is 2.97. The molecular weight excluding hydrogens is 345 g/mol. The van der Waals surface area contributed by atoms with Gasteiger partial charge in [-0.1, -0.05) is 22.4 Å². The van der Waals surface area contributed by atoms with Gasteiger partial charge in [0.1, 0.15) is 0 Å². The fraction of sp³-hybridized carbons (Fsp3) is 0.600. The van der Waals surface area contributed by atoms with Gasteiger partial charge in [-0.05, 0) is 50.4 Å². The summed E-state index contributed by atoms with van der Waals surface area (Å²) in [6, 6.07) is 4.48. The molecular formula is C15H20BrF3N2. The molecule has 6 heteroatoms. The minimum Gasteiger partial charge on any atom is -0.368 e. The van der Waals surface area contributed by atoms with Crippen molar-refractivity contribution in [1.82, 2.24) is 0 Å². The molecule has 2 atom stereocenters. The van der Waals surface area contributed by atoms with Crippen molar-refractivity contribution in [3.05, 3.63) is 28.2 Å². The van der Waals surface area contributed by atoms with Crippen LogP contribution in [-0.2, 0) is 6.18 Å². The number of hydrogen-bond acceptors (Lipinski definition) is 2. The maximum Gasteiger partial charge on any atom is 0.418 e. The average molecular weight is 365 g/mol. The fourth-order valence-electron chi connectivity index (χ4n) is 3.27. The van der Waals surface area contributed by atoms with Crippen LogP contribution >= 0.6 is 15.9 Å². The third-order valence-electron chi connectivity index (χ3n) is 4.24. The third-order valence-corrected chi connectivity index (χ3v) is 4.73. The van der Waals surface area contributed by atoms with E-state index in [2.05, 4.69) is 15.9 Å².